The molecule has 0 spiro atoms. The van der Waals surface area contributed by atoms with Crippen molar-refractivity contribution in [2.75, 3.05) is 0 Å². The predicted molar refractivity (Wildman–Crippen MR) is 133 cm³/mol. The molecule has 0 amide bonds. The lowest BCUT2D eigenvalue weighted by molar-refractivity contribution is 0.623. The number of hydrogen-bond acceptors (Lipinski definition) is 3. The van der Waals surface area contributed by atoms with E-state index in [0.29, 0.717) is 0 Å². The van der Waals surface area contributed by atoms with Crippen molar-refractivity contribution in [1.29, 1.82) is 0 Å². The van der Waals surface area contributed by atoms with Gasteiger partial charge in [-0.1, -0.05) is 77.0 Å². The minimum absolute atomic E-state index is 1.26. The van der Waals surface area contributed by atoms with Crippen molar-refractivity contribution in [3.63, 3.8) is 0 Å². The van der Waals surface area contributed by atoms with Crippen LogP contribution in [0.25, 0.3) is 9.75 Å². The summed E-state index contributed by atoms with van der Waals surface area (Å²) < 4.78 is 1.73. The Kier molecular flexibility index (Phi) is 6.92. The summed E-state index contributed by atoms with van der Waals surface area (Å²) in [6.45, 7) is 4.61. The van der Waals surface area contributed by atoms with Crippen LogP contribution in [0.5, 0.6) is 0 Å². The summed E-state index contributed by atoms with van der Waals surface area (Å²) in [5, 5.41) is 8.16. The van der Waals surface area contributed by atoms with Crippen LogP contribution in [0.4, 0.5) is 0 Å². The normalized spacial score (nSPS) is 14.4. The molecule has 0 N–H and O–H groups in total. The standard InChI is InChI=1S/C24H32S3Si/c1-3-5-7-8-9-10-18-28(22-13-12-19(27-22)11-6-4-2)20-14-16-25-23(20)24-21(28)15-17-26-24/h12-17H,3-11,18H2,1-2H3. The van der Waals surface area contributed by atoms with Crippen molar-refractivity contribution in [3.8, 4) is 9.75 Å². The second-order valence-corrected chi connectivity index (χ2v) is 15.4. The van der Waals surface area contributed by atoms with Crippen LogP contribution >= 0.6 is 34.0 Å². The number of unbranched alkanes of at least 4 members (excludes halogenated alkanes) is 6. The highest BCUT2D eigenvalue weighted by atomic mass is 32.1. The van der Waals surface area contributed by atoms with E-state index in [9.17, 15) is 0 Å². The van der Waals surface area contributed by atoms with Crippen LogP contribution in [0.15, 0.2) is 35.0 Å². The Balaban J connectivity index is 1.64. The Morgan fingerprint density at radius 1 is 0.714 bits per heavy atom. The zero-order valence-corrected chi connectivity index (χ0v) is 20.7. The van der Waals surface area contributed by atoms with Crippen LogP contribution in [-0.4, -0.2) is 8.07 Å². The molecule has 0 saturated carbocycles. The topological polar surface area (TPSA) is 0 Å². The van der Waals surface area contributed by atoms with Crippen LogP contribution in [0.2, 0.25) is 6.04 Å². The molecule has 0 saturated heterocycles. The average molecular weight is 445 g/mol. The van der Waals surface area contributed by atoms with Gasteiger partial charge in [0.2, 0.25) is 0 Å². The van der Waals surface area contributed by atoms with E-state index in [-0.39, 0.29) is 0 Å². The molecule has 0 unspecified atom stereocenters. The van der Waals surface area contributed by atoms with Crippen LogP contribution in [0.3, 0.4) is 0 Å². The number of aryl methyl sites for hydroxylation is 1. The van der Waals surface area contributed by atoms with Crippen LogP contribution in [-0.2, 0) is 6.42 Å². The quantitative estimate of drug-likeness (QED) is 0.220. The maximum Gasteiger partial charge on any atom is 0.164 e. The highest BCUT2D eigenvalue weighted by Crippen LogP contribution is 2.38. The van der Waals surface area contributed by atoms with Crippen LogP contribution < -0.4 is 14.9 Å². The second kappa shape index (κ2) is 9.42. The zero-order chi connectivity index (χ0) is 19.4. The first-order valence-corrected chi connectivity index (χ1v) is 15.8. The lowest BCUT2D eigenvalue weighted by atomic mass is 10.1. The van der Waals surface area contributed by atoms with Crippen LogP contribution in [0.1, 0.15) is 70.1 Å². The first-order chi connectivity index (χ1) is 13.8. The van der Waals surface area contributed by atoms with Gasteiger partial charge in [-0.05, 0) is 46.1 Å². The fourth-order valence-corrected chi connectivity index (χ4v) is 15.7. The lowest BCUT2D eigenvalue weighted by Gasteiger charge is -2.27. The monoisotopic (exact) mass is 444 g/mol. The summed E-state index contributed by atoms with van der Waals surface area (Å²) in [7, 11) is -1.79. The van der Waals surface area contributed by atoms with E-state index in [1.54, 1.807) is 29.5 Å². The van der Waals surface area contributed by atoms with Crippen molar-refractivity contribution in [3.05, 3.63) is 39.9 Å². The van der Waals surface area contributed by atoms with Gasteiger partial charge < -0.3 is 0 Å². The van der Waals surface area contributed by atoms with E-state index >= 15 is 0 Å². The zero-order valence-electron chi connectivity index (χ0n) is 17.3. The summed E-state index contributed by atoms with van der Waals surface area (Å²) in [6, 6.07) is 11.3. The Bertz CT molecular complexity index is 845. The molecule has 0 aromatic carbocycles. The van der Waals surface area contributed by atoms with E-state index in [2.05, 4.69) is 60.2 Å². The molecule has 1 aliphatic rings. The minimum atomic E-state index is -1.79. The smallest absolute Gasteiger partial charge is 0.149 e. The molecule has 1 aliphatic heterocycles. The molecule has 0 aliphatic carbocycles. The average Bonchev–Trinajstić information content (AvgIpc) is 3.47. The first kappa shape index (κ1) is 20.6. The Morgan fingerprint density at radius 3 is 2.04 bits per heavy atom. The molecule has 4 heterocycles. The summed E-state index contributed by atoms with van der Waals surface area (Å²) in [5.41, 5.74) is 0. The van der Waals surface area contributed by atoms with E-state index in [1.165, 1.54) is 63.8 Å². The number of thiophene rings is 3. The number of rotatable bonds is 11. The van der Waals surface area contributed by atoms with Gasteiger partial charge in [0.1, 0.15) is 0 Å². The van der Waals surface area contributed by atoms with Gasteiger partial charge in [-0.15, -0.1) is 34.0 Å². The third-order valence-electron chi connectivity index (χ3n) is 6.22. The van der Waals surface area contributed by atoms with Gasteiger partial charge in [0.05, 0.1) is 0 Å². The molecule has 0 atom stereocenters. The van der Waals surface area contributed by atoms with Gasteiger partial charge in [0.15, 0.2) is 8.07 Å². The molecule has 0 nitrogen and oxygen atoms in total. The van der Waals surface area contributed by atoms with Crippen molar-refractivity contribution >= 4 is 57.0 Å². The minimum Gasteiger partial charge on any atom is -0.149 e. The van der Waals surface area contributed by atoms with Crippen molar-refractivity contribution in [2.24, 2.45) is 0 Å². The summed E-state index contributed by atoms with van der Waals surface area (Å²) in [6.07, 6.45) is 12.2. The molecule has 4 rings (SSSR count). The largest absolute Gasteiger partial charge is 0.164 e. The highest BCUT2D eigenvalue weighted by molar-refractivity contribution is 7.37. The van der Waals surface area contributed by atoms with E-state index in [1.807, 2.05) is 22.7 Å². The van der Waals surface area contributed by atoms with Crippen LogP contribution in [0, 0.1) is 0 Å². The predicted octanol–water partition coefficient (Wildman–Crippen LogP) is 7.02. The molecule has 4 heteroatoms. The molecular weight excluding hydrogens is 413 g/mol. The van der Waals surface area contributed by atoms with E-state index in [4.69, 9.17) is 0 Å². The highest BCUT2D eigenvalue weighted by Gasteiger charge is 2.48. The van der Waals surface area contributed by atoms with Gasteiger partial charge >= 0.3 is 0 Å². The Hall–Kier alpha value is -0.683. The first-order valence-electron chi connectivity index (χ1n) is 11.1. The summed E-state index contributed by atoms with van der Waals surface area (Å²) >= 11 is 6.10. The summed E-state index contributed by atoms with van der Waals surface area (Å²) in [5.74, 6) is 0. The van der Waals surface area contributed by atoms with Gasteiger partial charge in [0, 0.05) is 19.1 Å². The van der Waals surface area contributed by atoms with Gasteiger partial charge in [-0.2, -0.15) is 0 Å². The second-order valence-electron chi connectivity index (χ2n) is 8.12. The SMILES string of the molecule is CCCCCCCC[Si]1(c2ccc(CCCC)s2)c2ccsc2-c2sccc21. The Labute approximate surface area is 183 Å². The number of hydrogen-bond donors (Lipinski definition) is 0. The molecule has 28 heavy (non-hydrogen) atoms. The maximum absolute atomic E-state index is 2.52. The molecular formula is C24H32S3Si. The van der Waals surface area contributed by atoms with Crippen molar-refractivity contribution in [1.82, 2.24) is 0 Å². The van der Waals surface area contributed by atoms with E-state index in [0.717, 1.165) is 0 Å². The number of fused-ring (bicyclic) bond motifs is 3. The fraction of sp³-hybridized carbons (Fsp3) is 0.500. The van der Waals surface area contributed by atoms with Gasteiger partial charge in [-0.3, -0.25) is 0 Å². The molecule has 3 aromatic rings. The van der Waals surface area contributed by atoms with Crippen molar-refractivity contribution < 1.29 is 0 Å². The lowest BCUT2D eigenvalue weighted by Crippen LogP contribution is -2.63. The third kappa shape index (κ3) is 3.73. The molecule has 3 aromatic heterocycles. The molecule has 0 bridgehead atoms. The summed E-state index contributed by atoms with van der Waals surface area (Å²) in [4.78, 5) is 4.81. The van der Waals surface area contributed by atoms with E-state index < -0.39 is 8.07 Å². The van der Waals surface area contributed by atoms with Crippen molar-refractivity contribution in [2.45, 2.75) is 77.7 Å². The Morgan fingerprint density at radius 2 is 1.36 bits per heavy atom. The molecule has 0 fully saturated rings. The molecule has 150 valence electrons. The fourth-order valence-electron chi connectivity index (χ4n) is 4.71. The van der Waals surface area contributed by atoms with Gasteiger partial charge in [0.25, 0.3) is 0 Å². The molecule has 0 radical (unpaired) electrons. The van der Waals surface area contributed by atoms with Gasteiger partial charge in [-0.25, -0.2) is 0 Å². The maximum atomic E-state index is 2.52. The third-order valence-corrected chi connectivity index (χ3v) is 15.7.